The minimum absolute atomic E-state index is 0.0269. The van der Waals surface area contributed by atoms with Gasteiger partial charge in [-0.2, -0.15) is 0 Å². The number of imidazole rings is 1. The maximum absolute atomic E-state index is 14.8. The number of alkyl halides is 2. The van der Waals surface area contributed by atoms with E-state index in [-0.39, 0.29) is 19.6 Å². The molecule has 1 saturated heterocycles. The summed E-state index contributed by atoms with van der Waals surface area (Å²) in [5.41, 5.74) is 6.52. The van der Waals surface area contributed by atoms with Gasteiger partial charge in [-0.15, -0.1) is 0 Å². The molecular formula is C18H18F3N7. The lowest BCUT2D eigenvalue weighted by Crippen LogP contribution is -2.30. The van der Waals surface area contributed by atoms with Gasteiger partial charge >= 0.3 is 0 Å². The zero-order chi connectivity index (χ0) is 19.9. The minimum Gasteiger partial charge on any atom is -0.390 e. The molecule has 146 valence electrons. The number of aromatic nitrogens is 3. The van der Waals surface area contributed by atoms with Crippen molar-refractivity contribution in [3.8, 4) is 0 Å². The summed E-state index contributed by atoms with van der Waals surface area (Å²) in [4.78, 5) is 18.0. The molecule has 1 atom stereocenters. The Bertz CT molecular complexity index is 1090. The van der Waals surface area contributed by atoms with Crippen LogP contribution in [0.5, 0.6) is 0 Å². The fourth-order valence-corrected chi connectivity index (χ4v) is 3.68. The lowest BCUT2D eigenvalue weighted by molar-refractivity contribution is -0.0201. The molecule has 0 spiro atoms. The van der Waals surface area contributed by atoms with E-state index in [1.54, 1.807) is 11.9 Å². The highest BCUT2D eigenvalue weighted by molar-refractivity contribution is 6.02. The Morgan fingerprint density at radius 2 is 2.18 bits per heavy atom. The van der Waals surface area contributed by atoms with E-state index in [9.17, 15) is 13.2 Å². The second-order valence-corrected chi connectivity index (χ2v) is 6.78. The minimum atomic E-state index is -2.97. The standard InChI is InChI=1S/C18H18F3N7/c1-27-7-15(18(20,21)8-27)28-16(6-23-10-24-9-22)26-14-5-25-13-3-2-11(19)4-12(13)17(14)28/h2-5,9-10,15H,6-8H2,1H3,(H2,22,23,24). The van der Waals surface area contributed by atoms with E-state index < -0.39 is 17.8 Å². The van der Waals surface area contributed by atoms with Crippen molar-refractivity contribution in [2.24, 2.45) is 15.7 Å². The number of aliphatic imine (C=N–C) groups is 2. The lowest BCUT2D eigenvalue weighted by Gasteiger charge is -2.22. The van der Waals surface area contributed by atoms with Crippen LogP contribution < -0.4 is 5.73 Å². The first-order chi connectivity index (χ1) is 13.4. The average molecular weight is 389 g/mol. The largest absolute Gasteiger partial charge is 0.390 e. The Labute approximate surface area is 158 Å². The summed E-state index contributed by atoms with van der Waals surface area (Å²) in [6, 6.07) is 2.95. The summed E-state index contributed by atoms with van der Waals surface area (Å²) in [5.74, 6) is -3.11. The van der Waals surface area contributed by atoms with Crippen LogP contribution in [0.1, 0.15) is 11.9 Å². The van der Waals surface area contributed by atoms with Gasteiger partial charge in [0, 0.05) is 11.9 Å². The smallest absolute Gasteiger partial charge is 0.282 e. The van der Waals surface area contributed by atoms with Gasteiger partial charge in [-0.1, -0.05) is 0 Å². The molecule has 1 aromatic carbocycles. The molecule has 10 heteroatoms. The first-order valence-electron chi connectivity index (χ1n) is 8.64. The van der Waals surface area contributed by atoms with Gasteiger partial charge in [0.25, 0.3) is 5.92 Å². The quantitative estimate of drug-likeness (QED) is 0.548. The van der Waals surface area contributed by atoms with Gasteiger partial charge in [-0.05, 0) is 25.2 Å². The zero-order valence-corrected chi connectivity index (χ0v) is 15.1. The van der Waals surface area contributed by atoms with Crippen LogP contribution in [0.3, 0.4) is 0 Å². The molecule has 1 fully saturated rings. The number of nitrogens with two attached hydrogens (primary N) is 1. The lowest BCUT2D eigenvalue weighted by atomic mass is 10.1. The van der Waals surface area contributed by atoms with Crippen LogP contribution in [0.25, 0.3) is 21.9 Å². The summed E-state index contributed by atoms with van der Waals surface area (Å²) >= 11 is 0. The molecule has 28 heavy (non-hydrogen) atoms. The molecule has 1 aliphatic heterocycles. The SMILES string of the molecule is CN1CC(n2c(CN=CN=CN)nc3cnc4ccc(F)cc4c32)C(F)(F)C1. The van der Waals surface area contributed by atoms with Gasteiger partial charge in [0.15, 0.2) is 0 Å². The number of rotatable bonds is 4. The molecule has 0 saturated carbocycles. The number of nitrogens with zero attached hydrogens (tertiary/aromatic N) is 6. The van der Waals surface area contributed by atoms with Gasteiger partial charge in [-0.3, -0.25) is 14.9 Å². The van der Waals surface area contributed by atoms with Crippen molar-refractivity contribution in [3.05, 3.63) is 36.0 Å². The molecule has 7 nitrogen and oxygen atoms in total. The third-order valence-electron chi connectivity index (χ3n) is 4.78. The summed E-state index contributed by atoms with van der Waals surface area (Å²) in [7, 11) is 1.64. The summed E-state index contributed by atoms with van der Waals surface area (Å²) in [6.07, 6.45) is 3.82. The summed E-state index contributed by atoms with van der Waals surface area (Å²) < 4.78 is 45.0. The van der Waals surface area contributed by atoms with E-state index in [0.29, 0.717) is 27.8 Å². The van der Waals surface area contributed by atoms with Crippen molar-refractivity contribution >= 4 is 34.6 Å². The van der Waals surface area contributed by atoms with E-state index in [4.69, 9.17) is 5.73 Å². The monoisotopic (exact) mass is 389 g/mol. The number of likely N-dealkylation sites (tertiary alicyclic amines) is 1. The van der Waals surface area contributed by atoms with E-state index in [0.717, 1.165) is 6.34 Å². The molecule has 2 N–H and O–H groups in total. The predicted molar refractivity (Wildman–Crippen MR) is 101 cm³/mol. The molecule has 3 heterocycles. The highest BCUT2D eigenvalue weighted by Gasteiger charge is 2.49. The van der Waals surface area contributed by atoms with Crippen molar-refractivity contribution in [2.45, 2.75) is 18.5 Å². The maximum atomic E-state index is 14.8. The number of hydrogen-bond acceptors (Lipinski definition) is 4. The van der Waals surface area contributed by atoms with Crippen LogP contribution >= 0.6 is 0 Å². The molecule has 0 amide bonds. The second kappa shape index (κ2) is 6.86. The number of halogens is 3. The van der Waals surface area contributed by atoms with Crippen LogP contribution in [-0.2, 0) is 6.54 Å². The molecule has 1 unspecified atom stereocenters. The van der Waals surface area contributed by atoms with Crippen molar-refractivity contribution in [1.82, 2.24) is 19.4 Å². The van der Waals surface area contributed by atoms with Crippen molar-refractivity contribution in [3.63, 3.8) is 0 Å². The molecule has 1 aliphatic rings. The normalized spacial score (nSPS) is 20.4. The van der Waals surface area contributed by atoms with Crippen LogP contribution in [0.2, 0.25) is 0 Å². The molecule has 0 bridgehead atoms. The molecule has 3 aromatic rings. The number of benzene rings is 1. The Hall–Kier alpha value is -3.01. The highest BCUT2D eigenvalue weighted by Crippen LogP contribution is 2.40. The number of pyridine rings is 1. The average Bonchev–Trinajstić information content (AvgIpc) is 3.13. The Morgan fingerprint density at radius 1 is 1.36 bits per heavy atom. The van der Waals surface area contributed by atoms with Gasteiger partial charge in [0.1, 0.15) is 29.5 Å². The molecule has 2 aromatic heterocycles. The highest BCUT2D eigenvalue weighted by atomic mass is 19.3. The van der Waals surface area contributed by atoms with Gasteiger partial charge in [0.2, 0.25) is 0 Å². The first kappa shape index (κ1) is 18.4. The topological polar surface area (TPSA) is 84.7 Å². The van der Waals surface area contributed by atoms with Crippen LogP contribution in [0.4, 0.5) is 13.2 Å². The Kier molecular flexibility index (Phi) is 4.50. The third kappa shape index (κ3) is 3.09. The Balaban J connectivity index is 1.98. The predicted octanol–water partition coefficient (Wildman–Crippen LogP) is 2.36. The fourth-order valence-electron chi connectivity index (χ4n) is 3.68. The molecule has 0 radical (unpaired) electrons. The van der Waals surface area contributed by atoms with Crippen LogP contribution in [0, 0.1) is 5.82 Å². The van der Waals surface area contributed by atoms with Gasteiger partial charge in [-0.25, -0.2) is 23.1 Å². The summed E-state index contributed by atoms with van der Waals surface area (Å²) in [6.45, 7) is -0.205. The number of hydrogen-bond donors (Lipinski definition) is 1. The summed E-state index contributed by atoms with van der Waals surface area (Å²) in [5, 5.41) is 0.436. The number of fused-ring (bicyclic) bond motifs is 3. The molecular weight excluding hydrogens is 371 g/mol. The van der Waals surface area contributed by atoms with Gasteiger partial charge in [0.05, 0.1) is 36.7 Å². The van der Waals surface area contributed by atoms with Crippen LogP contribution in [-0.4, -0.2) is 58.2 Å². The van der Waals surface area contributed by atoms with E-state index in [1.807, 2.05) is 0 Å². The van der Waals surface area contributed by atoms with E-state index >= 15 is 0 Å². The van der Waals surface area contributed by atoms with Crippen molar-refractivity contribution in [1.29, 1.82) is 0 Å². The number of likely N-dealkylation sites (N-methyl/N-ethyl adjacent to an activating group) is 1. The van der Waals surface area contributed by atoms with Crippen LogP contribution in [0.15, 0.2) is 34.4 Å². The molecule has 0 aliphatic carbocycles. The maximum Gasteiger partial charge on any atom is 0.282 e. The fraction of sp³-hybridized carbons (Fsp3) is 0.333. The Morgan fingerprint density at radius 3 is 2.89 bits per heavy atom. The molecule has 4 rings (SSSR count). The van der Waals surface area contributed by atoms with E-state index in [2.05, 4.69) is 20.0 Å². The second-order valence-electron chi connectivity index (χ2n) is 6.78. The van der Waals surface area contributed by atoms with Crippen molar-refractivity contribution in [2.75, 3.05) is 20.1 Å². The van der Waals surface area contributed by atoms with E-state index in [1.165, 1.54) is 35.3 Å². The zero-order valence-electron chi connectivity index (χ0n) is 15.1. The third-order valence-corrected chi connectivity index (χ3v) is 4.78. The van der Waals surface area contributed by atoms with Crippen molar-refractivity contribution < 1.29 is 13.2 Å². The first-order valence-corrected chi connectivity index (χ1v) is 8.64. The van der Waals surface area contributed by atoms with Gasteiger partial charge < -0.3 is 10.3 Å².